The number of amides is 2. The Morgan fingerprint density at radius 1 is 1.26 bits per heavy atom. The van der Waals surface area contributed by atoms with E-state index < -0.39 is 5.72 Å². The zero-order valence-corrected chi connectivity index (χ0v) is 18.6. The molecule has 5 atom stereocenters. The van der Waals surface area contributed by atoms with Crippen molar-refractivity contribution < 1.29 is 14.3 Å². The van der Waals surface area contributed by atoms with Crippen molar-refractivity contribution in [2.45, 2.75) is 70.1 Å². The summed E-state index contributed by atoms with van der Waals surface area (Å²) in [7, 11) is 0. The maximum absolute atomic E-state index is 13.0. The van der Waals surface area contributed by atoms with E-state index in [9.17, 15) is 9.59 Å². The van der Waals surface area contributed by atoms with Crippen LogP contribution in [-0.4, -0.2) is 48.1 Å². The van der Waals surface area contributed by atoms with Gasteiger partial charge >= 0.3 is 0 Å². The van der Waals surface area contributed by atoms with Gasteiger partial charge in [0, 0.05) is 37.4 Å². The molecule has 6 rings (SSSR count). The van der Waals surface area contributed by atoms with Crippen LogP contribution < -0.4 is 15.4 Å². The van der Waals surface area contributed by atoms with Crippen LogP contribution in [-0.2, 0) is 4.79 Å². The van der Waals surface area contributed by atoms with Crippen molar-refractivity contribution in [3.8, 4) is 5.75 Å². The number of ether oxygens (including phenoxy) is 1. The zero-order valence-electron chi connectivity index (χ0n) is 18.6. The summed E-state index contributed by atoms with van der Waals surface area (Å²) < 4.78 is 6.40. The number of nitrogens with one attached hydrogen (secondary N) is 2. The summed E-state index contributed by atoms with van der Waals surface area (Å²) in [6.07, 6.45) is 8.51. The van der Waals surface area contributed by atoms with Crippen molar-refractivity contribution in [3.05, 3.63) is 29.8 Å². The fourth-order valence-corrected chi connectivity index (χ4v) is 6.40. The van der Waals surface area contributed by atoms with E-state index in [0.717, 1.165) is 45.2 Å². The van der Waals surface area contributed by atoms with Gasteiger partial charge < -0.3 is 20.3 Å². The van der Waals surface area contributed by atoms with Crippen LogP contribution in [0.4, 0.5) is 0 Å². The number of nitrogens with zero attached hydrogens (tertiary/aromatic N) is 1. The molecule has 2 amide bonds. The number of benzene rings is 1. The predicted molar refractivity (Wildman–Crippen MR) is 119 cm³/mol. The minimum absolute atomic E-state index is 0.0379. The number of likely N-dealkylation sites (tertiary alicyclic amines) is 1. The maximum atomic E-state index is 13.0. The summed E-state index contributed by atoms with van der Waals surface area (Å²) in [5.41, 5.74) is -0.0397. The van der Waals surface area contributed by atoms with Gasteiger partial charge in [-0.15, -0.1) is 0 Å². The van der Waals surface area contributed by atoms with Crippen molar-refractivity contribution in [2.75, 3.05) is 19.6 Å². The molecule has 168 valence electrons. The quantitative estimate of drug-likeness (QED) is 0.710. The van der Waals surface area contributed by atoms with Crippen molar-refractivity contribution in [1.82, 2.24) is 15.5 Å². The highest BCUT2D eigenvalue weighted by atomic mass is 16.5. The molecule has 6 nitrogen and oxygen atoms in total. The van der Waals surface area contributed by atoms with Crippen molar-refractivity contribution in [2.24, 2.45) is 17.8 Å². The molecule has 31 heavy (non-hydrogen) atoms. The summed E-state index contributed by atoms with van der Waals surface area (Å²) in [6.45, 7) is 5.33. The van der Waals surface area contributed by atoms with Gasteiger partial charge in [-0.1, -0.05) is 18.6 Å². The number of fused-ring (bicyclic) bond motifs is 3. The van der Waals surface area contributed by atoms with Crippen molar-refractivity contribution in [1.29, 1.82) is 0 Å². The fraction of sp³-hybridized carbons (Fsp3) is 0.680. The Morgan fingerprint density at radius 2 is 2.13 bits per heavy atom. The normalized spacial score (nSPS) is 34.7. The lowest BCUT2D eigenvalue weighted by Crippen LogP contribution is -2.66. The molecule has 4 fully saturated rings. The summed E-state index contributed by atoms with van der Waals surface area (Å²) in [6, 6.07) is 8.13. The molecule has 1 saturated heterocycles. The summed E-state index contributed by atoms with van der Waals surface area (Å²) >= 11 is 0. The van der Waals surface area contributed by atoms with Gasteiger partial charge in [-0.05, 0) is 70.0 Å². The number of hydrogen-bond donors (Lipinski definition) is 2. The standard InChI is InChI=1S/C25H35N3O3/c1-17-7-4-5-13-28(17)14-6-12-26-23(29)21-15-19-11-10-18(21)16-25(19)27-24(30)20-8-2-3-9-22(20)31-25/h2-3,8-9,17-19,21H,4-7,10-16H2,1H3,(H,26,29)(H,27,30)/t17-,18+,19-,21-,25-/m1/s1. The van der Waals surface area contributed by atoms with Gasteiger partial charge in [0.1, 0.15) is 5.75 Å². The third-order valence-corrected chi connectivity index (χ3v) is 8.17. The Hall–Kier alpha value is -2.08. The first kappa shape index (κ1) is 20.8. The Morgan fingerprint density at radius 3 is 2.94 bits per heavy atom. The van der Waals surface area contributed by atoms with Crippen molar-refractivity contribution in [3.63, 3.8) is 0 Å². The minimum atomic E-state index is -0.643. The number of carbonyl (C=O) groups is 2. The number of carbonyl (C=O) groups excluding carboxylic acids is 2. The smallest absolute Gasteiger partial charge is 0.258 e. The van der Waals surface area contributed by atoms with Gasteiger partial charge in [0.25, 0.3) is 5.91 Å². The Balaban J connectivity index is 1.16. The van der Waals surface area contributed by atoms with Gasteiger partial charge in [0.2, 0.25) is 5.91 Å². The third kappa shape index (κ3) is 3.95. The summed E-state index contributed by atoms with van der Waals surface area (Å²) in [5, 5.41) is 6.39. The van der Waals surface area contributed by atoms with Crippen LogP contribution in [0.3, 0.4) is 0 Å². The minimum Gasteiger partial charge on any atom is -0.467 e. The van der Waals surface area contributed by atoms with Crippen LogP contribution in [0.1, 0.15) is 68.6 Å². The van der Waals surface area contributed by atoms with Gasteiger partial charge in [-0.3, -0.25) is 9.59 Å². The summed E-state index contributed by atoms with van der Waals surface area (Å²) in [4.78, 5) is 28.2. The predicted octanol–water partition coefficient (Wildman–Crippen LogP) is 3.32. The molecular formula is C25H35N3O3. The first-order chi connectivity index (χ1) is 15.1. The van der Waals surface area contributed by atoms with Gasteiger partial charge in [-0.25, -0.2) is 0 Å². The summed E-state index contributed by atoms with van der Waals surface area (Å²) in [5.74, 6) is 1.29. The second kappa shape index (κ2) is 8.45. The molecule has 0 radical (unpaired) electrons. The molecule has 3 saturated carbocycles. The zero-order chi connectivity index (χ0) is 21.4. The van der Waals surface area contributed by atoms with E-state index in [1.165, 1.54) is 25.8 Å². The molecule has 6 heteroatoms. The van der Waals surface area contributed by atoms with E-state index in [1.807, 2.05) is 18.2 Å². The van der Waals surface area contributed by atoms with Crippen LogP contribution in [0.15, 0.2) is 24.3 Å². The van der Waals surface area contributed by atoms with Crippen LogP contribution in [0.2, 0.25) is 0 Å². The topological polar surface area (TPSA) is 70.7 Å². The molecule has 3 aliphatic carbocycles. The first-order valence-corrected chi connectivity index (χ1v) is 12.2. The van der Waals surface area contributed by atoms with Gasteiger partial charge in [-0.2, -0.15) is 0 Å². The van der Waals surface area contributed by atoms with E-state index in [2.05, 4.69) is 22.5 Å². The Kier molecular flexibility index (Phi) is 5.67. The Bertz CT molecular complexity index is 843. The van der Waals surface area contributed by atoms with Crippen LogP contribution >= 0.6 is 0 Å². The average Bonchev–Trinajstić information content (AvgIpc) is 2.78. The molecule has 2 N–H and O–H groups in total. The second-order valence-electron chi connectivity index (χ2n) is 10.0. The maximum Gasteiger partial charge on any atom is 0.258 e. The molecule has 1 aromatic carbocycles. The molecule has 2 bridgehead atoms. The number of piperidine rings is 1. The van der Waals surface area contributed by atoms with Crippen LogP contribution in [0.5, 0.6) is 5.75 Å². The molecule has 1 spiro atoms. The van der Waals surface area contributed by atoms with E-state index in [4.69, 9.17) is 4.74 Å². The van der Waals surface area contributed by atoms with E-state index in [-0.39, 0.29) is 29.6 Å². The number of para-hydroxylation sites is 1. The molecule has 2 aliphatic heterocycles. The Labute approximate surface area is 185 Å². The lowest BCUT2D eigenvalue weighted by molar-refractivity contribution is -0.146. The molecule has 0 aromatic heterocycles. The van der Waals surface area contributed by atoms with Gasteiger partial charge in [0.15, 0.2) is 5.72 Å². The van der Waals surface area contributed by atoms with Gasteiger partial charge in [0.05, 0.1) is 5.56 Å². The van der Waals surface area contributed by atoms with E-state index in [1.54, 1.807) is 6.07 Å². The lowest BCUT2D eigenvalue weighted by Gasteiger charge is -2.55. The largest absolute Gasteiger partial charge is 0.467 e. The van der Waals surface area contributed by atoms with Crippen molar-refractivity contribution >= 4 is 11.8 Å². The second-order valence-corrected chi connectivity index (χ2v) is 10.0. The van der Waals surface area contributed by atoms with E-state index in [0.29, 0.717) is 17.4 Å². The van der Waals surface area contributed by atoms with E-state index >= 15 is 0 Å². The highest BCUT2D eigenvalue weighted by molar-refractivity contribution is 5.98. The number of rotatable bonds is 5. The van der Waals surface area contributed by atoms with Crippen LogP contribution in [0.25, 0.3) is 0 Å². The first-order valence-electron chi connectivity index (χ1n) is 12.2. The lowest BCUT2D eigenvalue weighted by atomic mass is 9.60. The fourth-order valence-electron chi connectivity index (χ4n) is 6.40. The van der Waals surface area contributed by atoms with Crippen LogP contribution in [0, 0.1) is 17.8 Å². The third-order valence-electron chi connectivity index (χ3n) is 8.17. The monoisotopic (exact) mass is 425 g/mol. The molecule has 2 heterocycles. The number of hydrogen-bond acceptors (Lipinski definition) is 4. The highest BCUT2D eigenvalue weighted by Gasteiger charge is 2.57. The molecular weight excluding hydrogens is 390 g/mol. The molecule has 1 aromatic rings. The SMILES string of the molecule is C[C@@H]1CCCCN1CCCNC(=O)[C@@H]1C[C@H]2CC[C@H]1C[C@]21NC(=O)c2ccccc2O1. The average molecular weight is 426 g/mol. The molecule has 0 unspecified atom stereocenters. The highest BCUT2D eigenvalue weighted by Crippen LogP contribution is 2.52. The molecule has 5 aliphatic rings.